The lowest BCUT2D eigenvalue weighted by Gasteiger charge is -2.29. The van der Waals surface area contributed by atoms with Crippen LogP contribution < -0.4 is 5.32 Å². The number of rotatable bonds is 5. The quantitative estimate of drug-likeness (QED) is 0.872. The monoisotopic (exact) mass is 268 g/mol. The SMILES string of the molecule is CCc1ncnc(NC(C)CN2CCOCC2)c1F. The first-order valence-electron chi connectivity index (χ1n) is 6.76. The summed E-state index contributed by atoms with van der Waals surface area (Å²) in [5, 5.41) is 3.12. The number of halogens is 1. The highest BCUT2D eigenvalue weighted by atomic mass is 19.1. The summed E-state index contributed by atoms with van der Waals surface area (Å²) in [6.45, 7) is 8.17. The molecule has 106 valence electrons. The van der Waals surface area contributed by atoms with Crippen molar-refractivity contribution in [3.63, 3.8) is 0 Å². The molecule has 0 bridgehead atoms. The minimum absolute atomic E-state index is 0.132. The molecule has 0 spiro atoms. The van der Waals surface area contributed by atoms with Crippen LogP contribution >= 0.6 is 0 Å². The van der Waals surface area contributed by atoms with Gasteiger partial charge in [0.15, 0.2) is 11.6 Å². The minimum Gasteiger partial charge on any atom is -0.379 e. The van der Waals surface area contributed by atoms with E-state index in [9.17, 15) is 4.39 Å². The van der Waals surface area contributed by atoms with Crippen molar-refractivity contribution in [1.29, 1.82) is 0 Å². The predicted molar refractivity (Wildman–Crippen MR) is 71.7 cm³/mol. The van der Waals surface area contributed by atoms with Crippen LogP contribution in [0, 0.1) is 5.82 Å². The zero-order valence-corrected chi connectivity index (χ0v) is 11.5. The number of ether oxygens (including phenoxy) is 1. The van der Waals surface area contributed by atoms with Gasteiger partial charge in [-0.3, -0.25) is 4.90 Å². The highest BCUT2D eigenvalue weighted by Gasteiger charge is 2.16. The maximum Gasteiger partial charge on any atom is 0.186 e. The molecule has 1 unspecified atom stereocenters. The molecule has 5 nitrogen and oxygen atoms in total. The van der Waals surface area contributed by atoms with Crippen LogP contribution in [0.3, 0.4) is 0 Å². The topological polar surface area (TPSA) is 50.3 Å². The summed E-state index contributed by atoms with van der Waals surface area (Å²) in [4.78, 5) is 10.2. The maximum atomic E-state index is 14.0. The average Bonchev–Trinajstić information content (AvgIpc) is 2.42. The Kier molecular flexibility index (Phi) is 5.04. The Hall–Kier alpha value is -1.27. The Morgan fingerprint density at radius 3 is 2.84 bits per heavy atom. The van der Waals surface area contributed by atoms with Gasteiger partial charge in [-0.05, 0) is 13.3 Å². The van der Waals surface area contributed by atoms with Gasteiger partial charge in [0.2, 0.25) is 0 Å². The van der Waals surface area contributed by atoms with Gasteiger partial charge in [-0.1, -0.05) is 6.92 Å². The Morgan fingerprint density at radius 1 is 1.42 bits per heavy atom. The Balaban J connectivity index is 1.92. The van der Waals surface area contributed by atoms with Crippen molar-refractivity contribution < 1.29 is 9.13 Å². The average molecular weight is 268 g/mol. The summed E-state index contributed by atoms with van der Waals surface area (Å²) in [5.74, 6) is -0.0357. The van der Waals surface area contributed by atoms with Crippen LogP contribution in [0.15, 0.2) is 6.33 Å². The summed E-state index contributed by atoms with van der Waals surface area (Å²) in [6.07, 6.45) is 1.98. The lowest BCUT2D eigenvalue weighted by Crippen LogP contribution is -2.42. The van der Waals surface area contributed by atoms with Crippen molar-refractivity contribution in [2.75, 3.05) is 38.2 Å². The number of morpholine rings is 1. The van der Waals surface area contributed by atoms with Crippen molar-refractivity contribution in [2.24, 2.45) is 0 Å². The Labute approximate surface area is 113 Å². The molecule has 1 N–H and O–H groups in total. The van der Waals surface area contributed by atoms with E-state index in [1.165, 1.54) is 6.33 Å². The number of nitrogens with one attached hydrogen (secondary N) is 1. The third kappa shape index (κ3) is 3.84. The third-order valence-electron chi connectivity index (χ3n) is 3.22. The molecule has 1 atom stereocenters. The van der Waals surface area contributed by atoms with E-state index in [-0.39, 0.29) is 11.9 Å². The number of aromatic nitrogens is 2. The van der Waals surface area contributed by atoms with Crippen molar-refractivity contribution in [1.82, 2.24) is 14.9 Å². The van der Waals surface area contributed by atoms with E-state index in [2.05, 4.69) is 20.2 Å². The van der Waals surface area contributed by atoms with E-state index in [1.807, 2.05) is 13.8 Å². The molecular weight excluding hydrogens is 247 g/mol. The van der Waals surface area contributed by atoms with E-state index in [4.69, 9.17) is 4.74 Å². The van der Waals surface area contributed by atoms with E-state index in [0.717, 1.165) is 32.8 Å². The predicted octanol–water partition coefficient (Wildman–Crippen LogP) is 1.31. The van der Waals surface area contributed by atoms with Gasteiger partial charge in [-0.15, -0.1) is 0 Å². The van der Waals surface area contributed by atoms with Crippen molar-refractivity contribution in [3.05, 3.63) is 17.8 Å². The second-order valence-electron chi connectivity index (χ2n) is 4.79. The molecule has 19 heavy (non-hydrogen) atoms. The largest absolute Gasteiger partial charge is 0.379 e. The van der Waals surface area contributed by atoms with Crippen LogP contribution in [0.2, 0.25) is 0 Å². The molecule has 0 radical (unpaired) electrons. The molecule has 1 aliphatic heterocycles. The maximum absolute atomic E-state index is 14.0. The molecule has 0 aliphatic carbocycles. The number of aryl methyl sites for hydroxylation is 1. The molecule has 0 amide bonds. The summed E-state index contributed by atoms with van der Waals surface area (Å²) in [5.41, 5.74) is 0.455. The van der Waals surface area contributed by atoms with Crippen molar-refractivity contribution >= 4 is 5.82 Å². The first kappa shape index (κ1) is 14.1. The molecule has 1 fully saturated rings. The summed E-state index contributed by atoms with van der Waals surface area (Å²) < 4.78 is 19.3. The zero-order chi connectivity index (χ0) is 13.7. The van der Waals surface area contributed by atoms with Gasteiger partial charge in [0.1, 0.15) is 6.33 Å². The first-order chi connectivity index (χ1) is 9.20. The van der Waals surface area contributed by atoms with Crippen molar-refractivity contribution in [2.45, 2.75) is 26.3 Å². The van der Waals surface area contributed by atoms with Crippen molar-refractivity contribution in [3.8, 4) is 0 Å². The molecule has 0 aromatic carbocycles. The molecule has 2 rings (SSSR count). The highest BCUT2D eigenvalue weighted by Crippen LogP contribution is 2.14. The Morgan fingerprint density at radius 2 is 2.16 bits per heavy atom. The number of nitrogens with zero attached hydrogens (tertiary/aromatic N) is 3. The van der Waals surface area contributed by atoms with Gasteiger partial charge in [0, 0.05) is 25.7 Å². The van der Waals surface area contributed by atoms with Gasteiger partial charge in [0.25, 0.3) is 0 Å². The number of hydrogen-bond acceptors (Lipinski definition) is 5. The Bertz CT molecular complexity index is 410. The summed E-state index contributed by atoms with van der Waals surface area (Å²) >= 11 is 0. The zero-order valence-electron chi connectivity index (χ0n) is 11.5. The summed E-state index contributed by atoms with van der Waals surface area (Å²) in [7, 11) is 0. The van der Waals surface area contributed by atoms with Gasteiger partial charge in [-0.25, -0.2) is 14.4 Å². The molecule has 2 heterocycles. The summed E-state index contributed by atoms with van der Waals surface area (Å²) in [6, 6.07) is 0.132. The van der Waals surface area contributed by atoms with Crippen LogP contribution in [0.1, 0.15) is 19.5 Å². The van der Waals surface area contributed by atoms with E-state index < -0.39 is 0 Å². The molecule has 1 saturated heterocycles. The molecule has 6 heteroatoms. The van der Waals surface area contributed by atoms with E-state index in [1.54, 1.807) is 0 Å². The van der Waals surface area contributed by atoms with Crippen LogP contribution in [0.25, 0.3) is 0 Å². The van der Waals surface area contributed by atoms with E-state index in [0.29, 0.717) is 17.9 Å². The number of hydrogen-bond donors (Lipinski definition) is 1. The first-order valence-corrected chi connectivity index (χ1v) is 6.76. The normalized spacial score (nSPS) is 18.3. The molecule has 1 aromatic rings. The van der Waals surface area contributed by atoms with Crippen LogP contribution in [0.4, 0.5) is 10.2 Å². The molecule has 0 saturated carbocycles. The van der Waals surface area contributed by atoms with Gasteiger partial charge in [-0.2, -0.15) is 0 Å². The molecule has 1 aliphatic rings. The standard InChI is InChI=1S/C13H21FN4O/c1-3-11-12(14)13(16-9-15-11)17-10(2)8-18-4-6-19-7-5-18/h9-10H,3-8H2,1-2H3,(H,15,16,17). The molecular formula is C13H21FN4O. The van der Waals surface area contributed by atoms with Gasteiger partial charge in [0.05, 0.1) is 18.9 Å². The van der Waals surface area contributed by atoms with Gasteiger partial charge < -0.3 is 10.1 Å². The lowest BCUT2D eigenvalue weighted by molar-refractivity contribution is 0.0368. The van der Waals surface area contributed by atoms with Gasteiger partial charge >= 0.3 is 0 Å². The van der Waals surface area contributed by atoms with Crippen LogP contribution in [-0.2, 0) is 11.2 Å². The highest BCUT2D eigenvalue weighted by molar-refractivity contribution is 5.38. The lowest BCUT2D eigenvalue weighted by atomic mass is 10.2. The second-order valence-corrected chi connectivity index (χ2v) is 4.79. The fourth-order valence-electron chi connectivity index (χ4n) is 2.20. The smallest absolute Gasteiger partial charge is 0.186 e. The minimum atomic E-state index is -0.334. The number of anilines is 1. The fourth-order valence-corrected chi connectivity index (χ4v) is 2.20. The van der Waals surface area contributed by atoms with Crippen LogP contribution in [-0.4, -0.2) is 53.8 Å². The third-order valence-corrected chi connectivity index (χ3v) is 3.22. The fraction of sp³-hybridized carbons (Fsp3) is 0.692. The van der Waals surface area contributed by atoms with E-state index >= 15 is 0 Å². The van der Waals surface area contributed by atoms with Crippen LogP contribution in [0.5, 0.6) is 0 Å². The second kappa shape index (κ2) is 6.77. The molecule has 1 aromatic heterocycles.